The van der Waals surface area contributed by atoms with Gasteiger partial charge in [-0.3, -0.25) is 9.10 Å². The predicted molar refractivity (Wildman–Crippen MR) is 96.8 cm³/mol. The van der Waals surface area contributed by atoms with Crippen LogP contribution in [0.25, 0.3) is 0 Å². The largest absolute Gasteiger partial charge is 0.493 e. The molecule has 1 aliphatic carbocycles. The van der Waals surface area contributed by atoms with E-state index in [0.29, 0.717) is 17.2 Å². The van der Waals surface area contributed by atoms with E-state index in [1.54, 1.807) is 18.2 Å². The highest BCUT2D eigenvalue weighted by molar-refractivity contribution is 7.92. The van der Waals surface area contributed by atoms with E-state index in [9.17, 15) is 13.2 Å². The number of sulfonamides is 1. The van der Waals surface area contributed by atoms with Crippen molar-refractivity contribution in [2.24, 2.45) is 0 Å². The van der Waals surface area contributed by atoms with Crippen LogP contribution < -0.4 is 19.1 Å². The van der Waals surface area contributed by atoms with Gasteiger partial charge in [-0.1, -0.05) is 12.8 Å². The summed E-state index contributed by atoms with van der Waals surface area (Å²) in [6.07, 6.45) is 5.49. The maximum absolute atomic E-state index is 12.2. The van der Waals surface area contributed by atoms with Crippen LogP contribution in [0.5, 0.6) is 11.5 Å². The lowest BCUT2D eigenvalue weighted by molar-refractivity contribution is -0.121. The predicted octanol–water partition coefficient (Wildman–Crippen LogP) is 1.92. The molecule has 1 saturated carbocycles. The van der Waals surface area contributed by atoms with Gasteiger partial charge in [-0.2, -0.15) is 0 Å². The lowest BCUT2D eigenvalue weighted by atomic mass is 10.2. The molecule has 140 valence electrons. The minimum absolute atomic E-state index is 0.0763. The number of nitrogens with one attached hydrogen (secondary N) is 1. The molecule has 8 heteroatoms. The standard InChI is InChI=1S/C17H26N2O5S/c1-23-15-9-8-14(12-16(15)24-2)19(25(3,21)22)11-10-17(20)18-13-6-4-5-7-13/h8-9,12-13H,4-7,10-11H2,1-3H3,(H,18,20). The van der Waals surface area contributed by atoms with E-state index in [0.717, 1.165) is 31.9 Å². The molecule has 0 aliphatic heterocycles. The summed E-state index contributed by atoms with van der Waals surface area (Å²) in [7, 11) is -0.528. The molecular formula is C17H26N2O5S. The fourth-order valence-corrected chi connectivity index (χ4v) is 3.96. The van der Waals surface area contributed by atoms with E-state index in [1.807, 2.05) is 0 Å². The van der Waals surface area contributed by atoms with Crippen molar-refractivity contribution in [3.63, 3.8) is 0 Å². The first-order chi connectivity index (χ1) is 11.8. The lowest BCUT2D eigenvalue weighted by Crippen LogP contribution is -2.37. The molecule has 0 bridgehead atoms. The van der Waals surface area contributed by atoms with Crippen LogP contribution in [0.3, 0.4) is 0 Å². The zero-order valence-corrected chi connectivity index (χ0v) is 15.8. The molecule has 1 amide bonds. The van der Waals surface area contributed by atoms with Gasteiger partial charge in [-0.25, -0.2) is 8.42 Å². The van der Waals surface area contributed by atoms with Gasteiger partial charge in [0.25, 0.3) is 0 Å². The molecule has 0 saturated heterocycles. The van der Waals surface area contributed by atoms with Crippen molar-refractivity contribution in [1.29, 1.82) is 0 Å². The van der Waals surface area contributed by atoms with E-state index < -0.39 is 10.0 Å². The second kappa shape index (κ2) is 8.42. The van der Waals surface area contributed by atoms with Crippen LogP contribution in [-0.4, -0.2) is 47.4 Å². The Labute approximate surface area is 149 Å². The Morgan fingerprint density at radius 1 is 1.20 bits per heavy atom. The van der Waals surface area contributed by atoms with Crippen molar-refractivity contribution >= 4 is 21.6 Å². The molecule has 0 aromatic heterocycles. The Balaban J connectivity index is 2.10. The maximum atomic E-state index is 12.2. The van der Waals surface area contributed by atoms with E-state index >= 15 is 0 Å². The van der Waals surface area contributed by atoms with Gasteiger partial charge in [0, 0.05) is 25.1 Å². The molecule has 0 spiro atoms. The van der Waals surface area contributed by atoms with Gasteiger partial charge in [-0.15, -0.1) is 0 Å². The average molecular weight is 370 g/mol. The van der Waals surface area contributed by atoms with Gasteiger partial charge in [0.1, 0.15) is 0 Å². The summed E-state index contributed by atoms with van der Waals surface area (Å²) in [6, 6.07) is 5.09. The van der Waals surface area contributed by atoms with E-state index in [2.05, 4.69) is 5.32 Å². The average Bonchev–Trinajstić information content (AvgIpc) is 3.06. The first-order valence-electron chi connectivity index (χ1n) is 8.34. The number of carbonyl (C=O) groups excluding carboxylic acids is 1. The fourth-order valence-electron chi connectivity index (χ4n) is 3.04. The molecule has 1 aromatic rings. The van der Waals surface area contributed by atoms with Crippen LogP contribution >= 0.6 is 0 Å². The van der Waals surface area contributed by atoms with Crippen LogP contribution in [0.2, 0.25) is 0 Å². The minimum atomic E-state index is -3.53. The summed E-state index contributed by atoms with van der Waals surface area (Å²) in [5.74, 6) is 0.823. The molecule has 0 atom stereocenters. The molecule has 0 heterocycles. The molecular weight excluding hydrogens is 344 g/mol. The Morgan fingerprint density at radius 2 is 1.84 bits per heavy atom. The second-order valence-electron chi connectivity index (χ2n) is 6.17. The van der Waals surface area contributed by atoms with Gasteiger partial charge >= 0.3 is 0 Å². The monoisotopic (exact) mass is 370 g/mol. The number of rotatable bonds is 8. The van der Waals surface area contributed by atoms with Crippen LogP contribution in [0.15, 0.2) is 18.2 Å². The highest BCUT2D eigenvalue weighted by Gasteiger charge is 2.22. The van der Waals surface area contributed by atoms with Crippen LogP contribution in [0, 0.1) is 0 Å². The molecule has 0 unspecified atom stereocenters. The Bertz CT molecular complexity index is 699. The number of amides is 1. The first kappa shape index (κ1) is 19.4. The summed E-state index contributed by atoms with van der Waals surface area (Å²) < 4.78 is 35.9. The van der Waals surface area contributed by atoms with Gasteiger partial charge < -0.3 is 14.8 Å². The minimum Gasteiger partial charge on any atom is -0.493 e. The van der Waals surface area contributed by atoms with Gasteiger partial charge in [0.2, 0.25) is 15.9 Å². The van der Waals surface area contributed by atoms with Gasteiger partial charge in [0.05, 0.1) is 26.2 Å². The van der Waals surface area contributed by atoms with Gasteiger partial charge in [0.15, 0.2) is 11.5 Å². The van der Waals surface area contributed by atoms with Crippen LogP contribution in [0.4, 0.5) is 5.69 Å². The number of nitrogens with zero attached hydrogens (tertiary/aromatic N) is 1. The van der Waals surface area contributed by atoms with Crippen LogP contribution in [0.1, 0.15) is 32.1 Å². The third-order valence-corrected chi connectivity index (χ3v) is 5.51. The normalized spacial score (nSPS) is 15.0. The molecule has 25 heavy (non-hydrogen) atoms. The van der Waals surface area contributed by atoms with E-state index in [-0.39, 0.29) is 24.9 Å². The third kappa shape index (κ3) is 5.26. The highest BCUT2D eigenvalue weighted by Crippen LogP contribution is 2.32. The smallest absolute Gasteiger partial charge is 0.232 e. The van der Waals surface area contributed by atoms with Crippen LogP contribution in [-0.2, 0) is 14.8 Å². The Morgan fingerprint density at radius 3 is 2.40 bits per heavy atom. The summed E-state index contributed by atoms with van der Waals surface area (Å²) in [5.41, 5.74) is 0.439. The number of carbonyl (C=O) groups is 1. The molecule has 1 fully saturated rings. The molecule has 7 nitrogen and oxygen atoms in total. The molecule has 2 rings (SSSR count). The number of anilines is 1. The molecule has 0 radical (unpaired) electrons. The number of hydrogen-bond acceptors (Lipinski definition) is 5. The molecule has 1 aromatic carbocycles. The maximum Gasteiger partial charge on any atom is 0.232 e. The fraction of sp³-hybridized carbons (Fsp3) is 0.588. The highest BCUT2D eigenvalue weighted by atomic mass is 32.2. The second-order valence-corrected chi connectivity index (χ2v) is 8.08. The zero-order chi connectivity index (χ0) is 18.4. The number of benzene rings is 1. The number of methoxy groups -OCH3 is 2. The Hall–Kier alpha value is -1.96. The van der Waals surface area contributed by atoms with E-state index in [4.69, 9.17) is 9.47 Å². The zero-order valence-electron chi connectivity index (χ0n) is 14.9. The van der Waals surface area contributed by atoms with Crippen molar-refractivity contribution in [3.8, 4) is 11.5 Å². The quantitative estimate of drug-likeness (QED) is 0.756. The summed E-state index contributed by atoms with van der Waals surface area (Å²) in [4.78, 5) is 12.1. The topological polar surface area (TPSA) is 84.9 Å². The third-order valence-electron chi connectivity index (χ3n) is 4.32. The van der Waals surface area contributed by atoms with E-state index in [1.165, 1.54) is 18.5 Å². The van der Waals surface area contributed by atoms with Gasteiger partial charge in [-0.05, 0) is 25.0 Å². The van der Waals surface area contributed by atoms with Crippen molar-refractivity contribution in [3.05, 3.63) is 18.2 Å². The molecule has 1 aliphatic rings. The van der Waals surface area contributed by atoms with Crippen molar-refractivity contribution in [1.82, 2.24) is 5.32 Å². The summed E-state index contributed by atoms with van der Waals surface area (Å²) in [5, 5.41) is 2.97. The SMILES string of the molecule is COc1ccc(N(CCC(=O)NC2CCCC2)S(C)(=O)=O)cc1OC. The first-order valence-corrected chi connectivity index (χ1v) is 10.2. The number of hydrogen-bond donors (Lipinski definition) is 1. The Kier molecular flexibility index (Phi) is 6.52. The summed E-state index contributed by atoms with van der Waals surface area (Å²) in [6.45, 7) is 0.0763. The lowest BCUT2D eigenvalue weighted by Gasteiger charge is -2.23. The molecule has 1 N–H and O–H groups in total. The van der Waals surface area contributed by atoms with Crippen molar-refractivity contribution in [2.45, 2.75) is 38.1 Å². The number of ether oxygens (including phenoxy) is 2. The summed E-state index contributed by atoms with van der Waals surface area (Å²) >= 11 is 0. The van der Waals surface area contributed by atoms with Crippen molar-refractivity contribution in [2.75, 3.05) is 31.3 Å². The van der Waals surface area contributed by atoms with Crippen molar-refractivity contribution < 1.29 is 22.7 Å².